The lowest BCUT2D eigenvalue weighted by Crippen LogP contribution is -2.38. The van der Waals surface area contributed by atoms with E-state index in [0.29, 0.717) is 30.3 Å². The van der Waals surface area contributed by atoms with E-state index in [1.807, 2.05) is 6.07 Å². The summed E-state index contributed by atoms with van der Waals surface area (Å²) in [7, 11) is 0. The highest BCUT2D eigenvalue weighted by Crippen LogP contribution is 2.24. The second-order valence-corrected chi connectivity index (χ2v) is 6.78. The van der Waals surface area contributed by atoms with Crippen molar-refractivity contribution >= 4 is 11.9 Å². The molecule has 0 atom stereocenters. The minimum atomic E-state index is -1.06. The number of piperidine rings is 1. The van der Waals surface area contributed by atoms with Crippen molar-refractivity contribution in [2.75, 3.05) is 19.7 Å². The number of carboxylic acids is 1. The lowest BCUT2D eigenvalue weighted by molar-refractivity contribution is -0.139. The van der Waals surface area contributed by atoms with Gasteiger partial charge in [-0.1, -0.05) is 18.2 Å². The number of halogens is 1. The minimum absolute atomic E-state index is 0.0834. The molecule has 0 aliphatic carbocycles. The molecule has 1 fully saturated rings. The van der Waals surface area contributed by atoms with Gasteiger partial charge in [0.25, 0.3) is 5.91 Å². The Balaban J connectivity index is 1.55. The number of carboxylic acid groups (broad SMARTS) is 1. The Labute approximate surface area is 157 Å². The quantitative estimate of drug-likeness (QED) is 0.845. The van der Waals surface area contributed by atoms with Crippen molar-refractivity contribution in [3.05, 3.63) is 65.5 Å². The molecule has 27 heavy (non-hydrogen) atoms. The van der Waals surface area contributed by atoms with Gasteiger partial charge in [-0.05, 0) is 61.1 Å². The zero-order chi connectivity index (χ0) is 19.2. The molecule has 0 spiro atoms. The first-order valence-corrected chi connectivity index (χ1v) is 8.99. The molecule has 2 aromatic carbocycles. The van der Waals surface area contributed by atoms with Crippen molar-refractivity contribution in [1.29, 1.82) is 0 Å². The summed E-state index contributed by atoms with van der Waals surface area (Å²) >= 11 is 0. The minimum Gasteiger partial charge on any atom is -0.482 e. The van der Waals surface area contributed by atoms with Crippen LogP contribution in [0, 0.1) is 11.7 Å². The summed E-state index contributed by atoms with van der Waals surface area (Å²) in [5.41, 5.74) is 1.48. The largest absolute Gasteiger partial charge is 0.482 e. The average Bonchev–Trinajstić information content (AvgIpc) is 2.67. The van der Waals surface area contributed by atoms with Gasteiger partial charge in [-0.2, -0.15) is 0 Å². The highest BCUT2D eigenvalue weighted by Gasteiger charge is 2.24. The van der Waals surface area contributed by atoms with Crippen LogP contribution in [0.1, 0.15) is 28.8 Å². The maximum Gasteiger partial charge on any atom is 0.341 e. The third-order valence-electron chi connectivity index (χ3n) is 4.76. The molecule has 2 aromatic rings. The molecule has 0 unspecified atom stereocenters. The van der Waals surface area contributed by atoms with Crippen LogP contribution in [0.3, 0.4) is 0 Å². The van der Waals surface area contributed by atoms with Crippen molar-refractivity contribution in [1.82, 2.24) is 4.90 Å². The fraction of sp³-hybridized carbons (Fsp3) is 0.333. The van der Waals surface area contributed by atoms with Crippen LogP contribution in [0.15, 0.2) is 48.5 Å². The second-order valence-electron chi connectivity index (χ2n) is 6.78. The van der Waals surface area contributed by atoms with Crippen molar-refractivity contribution < 1.29 is 23.8 Å². The number of amides is 1. The van der Waals surface area contributed by atoms with Gasteiger partial charge >= 0.3 is 5.97 Å². The van der Waals surface area contributed by atoms with Crippen LogP contribution in [-0.2, 0) is 11.2 Å². The van der Waals surface area contributed by atoms with E-state index in [1.54, 1.807) is 41.3 Å². The molecule has 1 saturated heterocycles. The molecule has 3 rings (SSSR count). The lowest BCUT2D eigenvalue weighted by atomic mass is 9.90. The summed E-state index contributed by atoms with van der Waals surface area (Å²) in [5.74, 6) is -0.567. The van der Waals surface area contributed by atoms with E-state index in [4.69, 9.17) is 9.84 Å². The number of likely N-dealkylation sites (tertiary alicyclic amines) is 1. The van der Waals surface area contributed by atoms with E-state index >= 15 is 0 Å². The van der Waals surface area contributed by atoms with Gasteiger partial charge in [0.1, 0.15) is 11.6 Å². The van der Waals surface area contributed by atoms with Crippen LogP contribution in [0.4, 0.5) is 4.39 Å². The van der Waals surface area contributed by atoms with E-state index in [-0.39, 0.29) is 11.7 Å². The summed E-state index contributed by atoms with van der Waals surface area (Å²) in [6, 6.07) is 13.3. The number of benzene rings is 2. The Morgan fingerprint density at radius 1 is 1.11 bits per heavy atom. The molecule has 6 heteroatoms. The molecule has 0 saturated carbocycles. The first kappa shape index (κ1) is 18.9. The fourth-order valence-electron chi connectivity index (χ4n) is 3.38. The summed E-state index contributed by atoms with van der Waals surface area (Å²) < 4.78 is 18.5. The van der Waals surface area contributed by atoms with Crippen LogP contribution in [-0.4, -0.2) is 41.6 Å². The Morgan fingerprint density at radius 2 is 1.85 bits per heavy atom. The number of rotatable bonds is 6. The van der Waals surface area contributed by atoms with E-state index in [0.717, 1.165) is 24.8 Å². The number of ether oxygens (including phenoxy) is 1. The molecule has 1 heterocycles. The number of aliphatic carboxylic acids is 1. The molecule has 0 bridgehead atoms. The van der Waals surface area contributed by atoms with Gasteiger partial charge in [-0.3, -0.25) is 4.79 Å². The molecule has 0 aromatic heterocycles. The van der Waals surface area contributed by atoms with Gasteiger partial charge in [0.05, 0.1) is 0 Å². The van der Waals surface area contributed by atoms with Gasteiger partial charge in [0.15, 0.2) is 6.61 Å². The molecule has 1 amide bonds. The van der Waals surface area contributed by atoms with E-state index in [1.165, 1.54) is 6.07 Å². The van der Waals surface area contributed by atoms with E-state index < -0.39 is 12.6 Å². The smallest absolute Gasteiger partial charge is 0.341 e. The third kappa shape index (κ3) is 5.29. The molecule has 5 nitrogen and oxygen atoms in total. The molecule has 0 radical (unpaired) electrons. The number of nitrogens with zero attached hydrogens (tertiary/aromatic N) is 1. The van der Waals surface area contributed by atoms with Gasteiger partial charge in [-0.15, -0.1) is 0 Å². The SMILES string of the molecule is O=C(O)COc1cccc(C(=O)N2CCC(Cc3cccc(F)c3)CC2)c1. The normalized spacial score (nSPS) is 14.8. The van der Waals surface area contributed by atoms with Crippen LogP contribution < -0.4 is 4.74 Å². The Morgan fingerprint density at radius 3 is 2.56 bits per heavy atom. The number of hydrogen-bond acceptors (Lipinski definition) is 3. The van der Waals surface area contributed by atoms with Gasteiger partial charge < -0.3 is 14.7 Å². The van der Waals surface area contributed by atoms with Crippen molar-refractivity contribution in [3.8, 4) is 5.75 Å². The number of carbonyl (C=O) groups excluding carboxylic acids is 1. The predicted molar refractivity (Wildman–Crippen MR) is 98.3 cm³/mol. The fourth-order valence-corrected chi connectivity index (χ4v) is 3.38. The lowest BCUT2D eigenvalue weighted by Gasteiger charge is -2.32. The first-order valence-electron chi connectivity index (χ1n) is 8.99. The first-order chi connectivity index (χ1) is 13.0. The maximum atomic E-state index is 13.3. The Bertz CT molecular complexity index is 815. The third-order valence-corrected chi connectivity index (χ3v) is 4.76. The molecule has 142 valence electrons. The highest BCUT2D eigenvalue weighted by molar-refractivity contribution is 5.94. The molecular formula is C21H22FNO4. The van der Waals surface area contributed by atoms with Gasteiger partial charge in [-0.25, -0.2) is 9.18 Å². The van der Waals surface area contributed by atoms with E-state index in [9.17, 15) is 14.0 Å². The monoisotopic (exact) mass is 371 g/mol. The van der Waals surface area contributed by atoms with Gasteiger partial charge in [0, 0.05) is 18.7 Å². The molecule has 1 aliphatic rings. The summed E-state index contributed by atoms with van der Waals surface area (Å²) in [6.07, 6.45) is 2.56. The van der Waals surface area contributed by atoms with Crippen molar-refractivity contribution in [3.63, 3.8) is 0 Å². The highest BCUT2D eigenvalue weighted by atomic mass is 19.1. The van der Waals surface area contributed by atoms with Crippen molar-refractivity contribution in [2.45, 2.75) is 19.3 Å². The molecular weight excluding hydrogens is 349 g/mol. The maximum absolute atomic E-state index is 13.3. The standard InChI is InChI=1S/C21H22FNO4/c22-18-5-1-3-16(12-18)11-15-7-9-23(10-8-15)21(26)17-4-2-6-19(13-17)27-14-20(24)25/h1-6,12-13,15H,7-11,14H2,(H,24,25). The van der Waals surface area contributed by atoms with Crippen LogP contribution in [0.5, 0.6) is 5.75 Å². The van der Waals surface area contributed by atoms with Crippen LogP contribution >= 0.6 is 0 Å². The second kappa shape index (κ2) is 8.66. The van der Waals surface area contributed by atoms with Crippen LogP contribution in [0.25, 0.3) is 0 Å². The zero-order valence-corrected chi connectivity index (χ0v) is 14.9. The predicted octanol–water partition coefficient (Wildman–Crippen LogP) is 3.38. The topological polar surface area (TPSA) is 66.8 Å². The van der Waals surface area contributed by atoms with E-state index in [2.05, 4.69) is 0 Å². The summed E-state index contributed by atoms with van der Waals surface area (Å²) in [4.78, 5) is 25.1. The van der Waals surface area contributed by atoms with Crippen molar-refractivity contribution in [2.24, 2.45) is 5.92 Å². The van der Waals surface area contributed by atoms with Crippen LogP contribution in [0.2, 0.25) is 0 Å². The Hall–Kier alpha value is -2.89. The Kier molecular flexibility index (Phi) is 6.06. The van der Waals surface area contributed by atoms with Gasteiger partial charge in [0.2, 0.25) is 0 Å². The average molecular weight is 371 g/mol. The molecule has 1 aliphatic heterocycles. The zero-order valence-electron chi connectivity index (χ0n) is 14.9. The summed E-state index contributed by atoms with van der Waals surface area (Å²) in [5, 5.41) is 8.68. The molecule has 1 N–H and O–H groups in total. The summed E-state index contributed by atoms with van der Waals surface area (Å²) in [6.45, 7) is 0.862. The number of carbonyl (C=O) groups is 2. The number of hydrogen-bond donors (Lipinski definition) is 1.